The van der Waals surface area contributed by atoms with E-state index in [1.54, 1.807) is 0 Å². The second-order valence-corrected chi connectivity index (χ2v) is 4.57. The van der Waals surface area contributed by atoms with Crippen LogP contribution in [-0.2, 0) is 0 Å². The summed E-state index contributed by atoms with van der Waals surface area (Å²) in [6, 6.07) is 4.23. The fourth-order valence-electron chi connectivity index (χ4n) is 1.93. The number of rotatable bonds is 3. The summed E-state index contributed by atoms with van der Waals surface area (Å²) in [6.07, 6.45) is 1.03. The summed E-state index contributed by atoms with van der Waals surface area (Å²) in [4.78, 5) is 11.8. The number of benzene rings is 1. The molecule has 1 atom stereocenters. The molecule has 1 unspecified atom stereocenters. The molecule has 1 aliphatic heterocycles. The topological polar surface area (TPSA) is 41.1 Å². The molecule has 6 heteroatoms. The molecular formula is C12H15Cl2FN2O. The van der Waals surface area contributed by atoms with Gasteiger partial charge in [-0.15, -0.1) is 12.4 Å². The molecule has 1 amide bonds. The largest absolute Gasteiger partial charge is 0.352 e. The van der Waals surface area contributed by atoms with Gasteiger partial charge in [-0.25, -0.2) is 4.39 Å². The predicted octanol–water partition coefficient (Wildman–Crippen LogP) is 2.24. The quantitative estimate of drug-likeness (QED) is 0.897. The number of amides is 1. The average molecular weight is 293 g/mol. The SMILES string of the molecule is Cl.O=C(NCC1CCNC1)c1c(F)cccc1Cl. The number of carbonyl (C=O) groups is 1. The van der Waals surface area contributed by atoms with E-state index in [2.05, 4.69) is 10.6 Å². The van der Waals surface area contributed by atoms with Crippen molar-refractivity contribution in [2.45, 2.75) is 6.42 Å². The van der Waals surface area contributed by atoms with Crippen molar-refractivity contribution in [1.82, 2.24) is 10.6 Å². The van der Waals surface area contributed by atoms with Crippen molar-refractivity contribution in [2.24, 2.45) is 5.92 Å². The van der Waals surface area contributed by atoms with Gasteiger partial charge in [-0.2, -0.15) is 0 Å². The lowest BCUT2D eigenvalue weighted by molar-refractivity contribution is 0.0944. The summed E-state index contributed by atoms with van der Waals surface area (Å²) in [5, 5.41) is 6.07. The first-order valence-electron chi connectivity index (χ1n) is 5.61. The van der Waals surface area contributed by atoms with E-state index in [0.29, 0.717) is 12.5 Å². The zero-order valence-corrected chi connectivity index (χ0v) is 11.3. The van der Waals surface area contributed by atoms with E-state index < -0.39 is 11.7 Å². The molecule has 0 aliphatic carbocycles. The van der Waals surface area contributed by atoms with Crippen LogP contribution in [0, 0.1) is 11.7 Å². The van der Waals surface area contributed by atoms with Crippen LogP contribution in [0.5, 0.6) is 0 Å². The zero-order chi connectivity index (χ0) is 12.3. The van der Waals surface area contributed by atoms with Gasteiger partial charge in [-0.05, 0) is 37.6 Å². The molecule has 1 aromatic carbocycles. The van der Waals surface area contributed by atoms with Gasteiger partial charge >= 0.3 is 0 Å². The molecule has 1 aliphatic rings. The lowest BCUT2D eigenvalue weighted by Crippen LogP contribution is -2.31. The van der Waals surface area contributed by atoms with Crippen molar-refractivity contribution in [3.63, 3.8) is 0 Å². The molecule has 1 heterocycles. The number of hydrogen-bond acceptors (Lipinski definition) is 2. The van der Waals surface area contributed by atoms with Gasteiger partial charge in [-0.3, -0.25) is 4.79 Å². The molecule has 2 N–H and O–H groups in total. The molecule has 0 radical (unpaired) electrons. The normalized spacial score (nSPS) is 18.2. The van der Waals surface area contributed by atoms with E-state index >= 15 is 0 Å². The lowest BCUT2D eigenvalue weighted by Gasteiger charge is -2.11. The van der Waals surface area contributed by atoms with Gasteiger partial charge in [0.1, 0.15) is 5.82 Å². The molecule has 0 aromatic heterocycles. The van der Waals surface area contributed by atoms with E-state index in [0.717, 1.165) is 19.5 Å². The van der Waals surface area contributed by atoms with Crippen LogP contribution in [0.1, 0.15) is 16.8 Å². The van der Waals surface area contributed by atoms with Gasteiger partial charge in [0.2, 0.25) is 0 Å². The second-order valence-electron chi connectivity index (χ2n) is 4.17. The van der Waals surface area contributed by atoms with Crippen molar-refractivity contribution in [2.75, 3.05) is 19.6 Å². The Kier molecular flexibility index (Phi) is 5.85. The first-order valence-corrected chi connectivity index (χ1v) is 5.99. The standard InChI is InChI=1S/C12H14ClFN2O.ClH/c13-9-2-1-3-10(14)11(9)12(17)16-7-8-4-5-15-6-8;/h1-3,8,15H,4-7H2,(H,16,17);1H. The van der Waals surface area contributed by atoms with Gasteiger partial charge in [0.25, 0.3) is 5.91 Å². The highest BCUT2D eigenvalue weighted by molar-refractivity contribution is 6.33. The van der Waals surface area contributed by atoms with Gasteiger partial charge < -0.3 is 10.6 Å². The molecule has 0 spiro atoms. The molecule has 0 bridgehead atoms. The zero-order valence-electron chi connectivity index (χ0n) is 9.71. The molecule has 3 nitrogen and oxygen atoms in total. The minimum absolute atomic E-state index is 0. The Bertz CT molecular complexity index is 402. The monoisotopic (exact) mass is 292 g/mol. The van der Waals surface area contributed by atoms with Crippen LogP contribution >= 0.6 is 24.0 Å². The third-order valence-corrected chi connectivity index (χ3v) is 3.22. The minimum atomic E-state index is -0.584. The maximum Gasteiger partial charge on any atom is 0.255 e. The maximum absolute atomic E-state index is 13.4. The molecule has 1 aromatic rings. The molecule has 1 saturated heterocycles. The third-order valence-electron chi connectivity index (χ3n) is 2.90. The fraction of sp³-hybridized carbons (Fsp3) is 0.417. The van der Waals surface area contributed by atoms with Crippen LogP contribution < -0.4 is 10.6 Å². The van der Waals surface area contributed by atoms with Crippen molar-refractivity contribution in [1.29, 1.82) is 0 Å². The minimum Gasteiger partial charge on any atom is -0.352 e. The predicted molar refractivity (Wildman–Crippen MR) is 72.0 cm³/mol. The summed E-state index contributed by atoms with van der Waals surface area (Å²) in [5.41, 5.74) is -0.0693. The highest BCUT2D eigenvalue weighted by Crippen LogP contribution is 2.18. The van der Waals surface area contributed by atoms with Crippen LogP contribution in [0.4, 0.5) is 4.39 Å². The molecule has 0 saturated carbocycles. The lowest BCUT2D eigenvalue weighted by atomic mass is 10.1. The van der Waals surface area contributed by atoms with Crippen molar-refractivity contribution in [3.05, 3.63) is 34.6 Å². The van der Waals surface area contributed by atoms with Crippen molar-refractivity contribution < 1.29 is 9.18 Å². The van der Waals surface area contributed by atoms with E-state index in [1.165, 1.54) is 18.2 Å². The number of hydrogen-bond donors (Lipinski definition) is 2. The van der Waals surface area contributed by atoms with E-state index in [9.17, 15) is 9.18 Å². The van der Waals surface area contributed by atoms with Crippen molar-refractivity contribution >= 4 is 29.9 Å². The maximum atomic E-state index is 13.4. The number of nitrogens with one attached hydrogen (secondary N) is 2. The van der Waals surface area contributed by atoms with Gasteiger partial charge in [-0.1, -0.05) is 17.7 Å². The summed E-state index contributed by atoms with van der Waals surface area (Å²) in [7, 11) is 0. The second kappa shape index (κ2) is 6.92. The molecule has 1 fully saturated rings. The van der Waals surface area contributed by atoms with Crippen molar-refractivity contribution in [3.8, 4) is 0 Å². The summed E-state index contributed by atoms with van der Waals surface area (Å²) < 4.78 is 13.4. The van der Waals surface area contributed by atoms with Crippen LogP contribution in [0.25, 0.3) is 0 Å². The molecular weight excluding hydrogens is 278 g/mol. The third kappa shape index (κ3) is 3.57. The summed E-state index contributed by atoms with van der Waals surface area (Å²) >= 11 is 5.81. The Morgan fingerprint density at radius 2 is 2.33 bits per heavy atom. The van der Waals surface area contributed by atoms with Crippen LogP contribution in [0.15, 0.2) is 18.2 Å². The highest BCUT2D eigenvalue weighted by atomic mass is 35.5. The first-order chi connectivity index (χ1) is 8.18. The molecule has 18 heavy (non-hydrogen) atoms. The van der Waals surface area contributed by atoms with Crippen LogP contribution in [-0.4, -0.2) is 25.5 Å². The smallest absolute Gasteiger partial charge is 0.255 e. The Morgan fingerprint density at radius 3 is 2.94 bits per heavy atom. The molecule has 100 valence electrons. The van der Waals surface area contributed by atoms with E-state index in [1.807, 2.05) is 0 Å². The fourth-order valence-corrected chi connectivity index (χ4v) is 2.18. The summed E-state index contributed by atoms with van der Waals surface area (Å²) in [5.74, 6) is -0.607. The Hall–Kier alpha value is -0.840. The number of halogens is 3. The van der Waals surface area contributed by atoms with Gasteiger partial charge in [0.05, 0.1) is 10.6 Å². The Balaban J connectivity index is 0.00000162. The Labute approximate surface area is 116 Å². The van der Waals surface area contributed by atoms with Gasteiger partial charge in [0, 0.05) is 6.54 Å². The van der Waals surface area contributed by atoms with E-state index in [4.69, 9.17) is 11.6 Å². The Morgan fingerprint density at radius 1 is 1.56 bits per heavy atom. The number of carbonyl (C=O) groups excluding carboxylic acids is 1. The first kappa shape index (κ1) is 15.2. The summed E-state index contributed by atoms with van der Waals surface area (Å²) in [6.45, 7) is 2.42. The molecule has 2 rings (SSSR count). The highest BCUT2D eigenvalue weighted by Gasteiger charge is 2.19. The van der Waals surface area contributed by atoms with E-state index in [-0.39, 0.29) is 23.0 Å². The average Bonchev–Trinajstić information content (AvgIpc) is 2.79. The van der Waals surface area contributed by atoms with Crippen LogP contribution in [0.2, 0.25) is 5.02 Å². The van der Waals surface area contributed by atoms with Crippen LogP contribution in [0.3, 0.4) is 0 Å². The van der Waals surface area contributed by atoms with Gasteiger partial charge in [0.15, 0.2) is 0 Å².